The molecule has 3 aromatic rings. The van der Waals surface area contributed by atoms with Gasteiger partial charge < -0.3 is 10.3 Å². The van der Waals surface area contributed by atoms with Crippen LogP contribution in [0.1, 0.15) is 0 Å². The molecule has 0 fully saturated rings. The minimum atomic E-state index is -3.77. The first-order valence-corrected chi connectivity index (χ1v) is 10.2. The third kappa shape index (κ3) is 5.16. The summed E-state index contributed by atoms with van der Waals surface area (Å²) in [6, 6.07) is 11.5. The van der Waals surface area contributed by atoms with E-state index in [4.69, 9.17) is 5.14 Å². The monoisotopic (exact) mass is 406 g/mol. The lowest BCUT2D eigenvalue weighted by molar-refractivity contribution is -0.113. The van der Waals surface area contributed by atoms with Gasteiger partial charge in [0.15, 0.2) is 5.16 Å². The van der Waals surface area contributed by atoms with E-state index in [1.165, 1.54) is 48.2 Å². The SMILES string of the molecule is NS(=O)(=O)c1ccc(NC(=O)CSc2ncc(-c3ccc(F)cc3)[nH]2)cc1. The maximum atomic E-state index is 13.0. The first-order valence-electron chi connectivity index (χ1n) is 7.68. The highest BCUT2D eigenvalue weighted by Gasteiger charge is 2.10. The average molecular weight is 406 g/mol. The van der Waals surface area contributed by atoms with Crippen LogP contribution >= 0.6 is 11.8 Å². The highest BCUT2D eigenvalue weighted by Crippen LogP contribution is 2.22. The number of nitrogens with two attached hydrogens (primary N) is 1. The van der Waals surface area contributed by atoms with Crippen molar-refractivity contribution in [3.05, 3.63) is 60.5 Å². The fourth-order valence-corrected chi connectivity index (χ4v) is 3.38. The summed E-state index contributed by atoms with van der Waals surface area (Å²) in [6.45, 7) is 0. The number of anilines is 1. The summed E-state index contributed by atoms with van der Waals surface area (Å²) in [5.74, 6) is -0.488. The average Bonchev–Trinajstić information content (AvgIpc) is 3.09. The zero-order chi connectivity index (χ0) is 19.4. The molecule has 1 heterocycles. The van der Waals surface area contributed by atoms with Gasteiger partial charge in [-0.3, -0.25) is 4.79 Å². The molecule has 7 nitrogen and oxygen atoms in total. The number of nitrogens with one attached hydrogen (secondary N) is 2. The lowest BCUT2D eigenvalue weighted by atomic mass is 10.2. The molecule has 0 bridgehead atoms. The lowest BCUT2D eigenvalue weighted by Crippen LogP contribution is -2.15. The highest BCUT2D eigenvalue weighted by atomic mass is 32.2. The normalized spacial score (nSPS) is 11.3. The summed E-state index contributed by atoms with van der Waals surface area (Å²) in [4.78, 5) is 19.2. The minimum absolute atomic E-state index is 0.0289. The van der Waals surface area contributed by atoms with Gasteiger partial charge in [0.2, 0.25) is 15.9 Å². The van der Waals surface area contributed by atoms with Crippen LogP contribution in [0.25, 0.3) is 11.3 Å². The van der Waals surface area contributed by atoms with Crippen molar-refractivity contribution in [2.75, 3.05) is 11.1 Å². The van der Waals surface area contributed by atoms with E-state index in [9.17, 15) is 17.6 Å². The molecule has 140 valence electrons. The maximum Gasteiger partial charge on any atom is 0.238 e. The van der Waals surface area contributed by atoms with Crippen LogP contribution in [-0.4, -0.2) is 30.0 Å². The van der Waals surface area contributed by atoms with E-state index in [1.54, 1.807) is 18.3 Å². The number of halogens is 1. The predicted molar refractivity (Wildman–Crippen MR) is 101 cm³/mol. The number of hydrogen-bond donors (Lipinski definition) is 3. The van der Waals surface area contributed by atoms with Gasteiger partial charge >= 0.3 is 0 Å². The number of imidazole rings is 1. The Hall–Kier alpha value is -2.69. The Morgan fingerprint density at radius 2 is 1.81 bits per heavy atom. The molecule has 0 aliphatic heterocycles. The van der Waals surface area contributed by atoms with Crippen molar-refractivity contribution in [2.24, 2.45) is 5.14 Å². The van der Waals surface area contributed by atoms with Crippen LogP contribution in [-0.2, 0) is 14.8 Å². The summed E-state index contributed by atoms with van der Waals surface area (Å²) in [5.41, 5.74) is 1.96. The molecule has 0 aliphatic carbocycles. The molecule has 0 radical (unpaired) electrons. The first kappa shape index (κ1) is 19.1. The number of aromatic nitrogens is 2. The minimum Gasteiger partial charge on any atom is -0.333 e. The quantitative estimate of drug-likeness (QED) is 0.544. The van der Waals surface area contributed by atoms with Crippen LogP contribution in [0.2, 0.25) is 0 Å². The highest BCUT2D eigenvalue weighted by molar-refractivity contribution is 7.99. The van der Waals surface area contributed by atoms with Gasteiger partial charge in [-0.25, -0.2) is 22.9 Å². The number of carbonyl (C=O) groups excluding carboxylic acids is 1. The van der Waals surface area contributed by atoms with E-state index in [2.05, 4.69) is 15.3 Å². The summed E-state index contributed by atoms with van der Waals surface area (Å²) in [5, 5.41) is 8.23. The molecule has 0 unspecified atom stereocenters. The summed E-state index contributed by atoms with van der Waals surface area (Å²) in [7, 11) is -3.77. The molecule has 0 aliphatic rings. The molecule has 0 atom stereocenters. The number of amides is 1. The molecule has 0 saturated heterocycles. The van der Waals surface area contributed by atoms with Crippen molar-refractivity contribution in [1.82, 2.24) is 9.97 Å². The number of rotatable bonds is 6. The van der Waals surface area contributed by atoms with Crippen molar-refractivity contribution in [3.63, 3.8) is 0 Å². The summed E-state index contributed by atoms with van der Waals surface area (Å²) in [6.07, 6.45) is 1.61. The Kier molecular flexibility index (Phi) is 5.59. The number of primary sulfonamides is 1. The molecule has 2 aromatic carbocycles. The van der Waals surface area contributed by atoms with Crippen LogP contribution < -0.4 is 10.5 Å². The van der Waals surface area contributed by atoms with Gasteiger partial charge in [0.25, 0.3) is 0 Å². The number of aromatic amines is 1. The van der Waals surface area contributed by atoms with Gasteiger partial charge in [-0.05, 0) is 54.1 Å². The van der Waals surface area contributed by atoms with E-state index >= 15 is 0 Å². The van der Waals surface area contributed by atoms with Gasteiger partial charge in [0.05, 0.1) is 22.5 Å². The number of carbonyl (C=O) groups is 1. The molecule has 0 spiro atoms. The van der Waals surface area contributed by atoms with Gasteiger partial charge in [0.1, 0.15) is 5.82 Å². The lowest BCUT2D eigenvalue weighted by Gasteiger charge is -2.05. The van der Waals surface area contributed by atoms with Crippen molar-refractivity contribution in [2.45, 2.75) is 10.1 Å². The number of nitrogens with zero attached hydrogens (tertiary/aromatic N) is 1. The van der Waals surface area contributed by atoms with Crippen LogP contribution in [0.5, 0.6) is 0 Å². The van der Waals surface area contributed by atoms with Gasteiger partial charge in [-0.2, -0.15) is 0 Å². The molecule has 4 N–H and O–H groups in total. The topological polar surface area (TPSA) is 118 Å². The third-order valence-corrected chi connectivity index (χ3v) is 5.33. The second-order valence-electron chi connectivity index (χ2n) is 5.52. The van der Waals surface area contributed by atoms with Crippen molar-refractivity contribution in [3.8, 4) is 11.3 Å². The molecule has 27 heavy (non-hydrogen) atoms. The fraction of sp³-hybridized carbons (Fsp3) is 0.0588. The number of H-pyrrole nitrogens is 1. The predicted octanol–water partition coefficient (Wildman–Crippen LogP) is 2.59. The largest absolute Gasteiger partial charge is 0.333 e. The molecule has 10 heteroatoms. The molecule has 3 rings (SSSR count). The van der Waals surface area contributed by atoms with Crippen LogP contribution in [0.3, 0.4) is 0 Å². The van der Waals surface area contributed by atoms with Crippen LogP contribution in [0.15, 0.2) is 64.8 Å². The second kappa shape index (κ2) is 7.91. The van der Waals surface area contributed by atoms with Crippen molar-refractivity contribution >= 4 is 33.4 Å². The Labute approximate surface area is 159 Å². The van der Waals surface area contributed by atoms with E-state index in [0.29, 0.717) is 10.8 Å². The molecule has 0 saturated carbocycles. The fourth-order valence-electron chi connectivity index (χ4n) is 2.21. The Morgan fingerprint density at radius 1 is 1.15 bits per heavy atom. The second-order valence-corrected chi connectivity index (χ2v) is 8.04. The van der Waals surface area contributed by atoms with Gasteiger partial charge in [0, 0.05) is 5.69 Å². The number of benzene rings is 2. The Bertz CT molecular complexity index is 1050. The maximum absolute atomic E-state index is 13.0. The number of hydrogen-bond acceptors (Lipinski definition) is 5. The van der Waals surface area contributed by atoms with Crippen LogP contribution in [0.4, 0.5) is 10.1 Å². The first-order chi connectivity index (χ1) is 12.8. The summed E-state index contributed by atoms with van der Waals surface area (Å²) >= 11 is 1.21. The molecule has 1 aromatic heterocycles. The smallest absolute Gasteiger partial charge is 0.238 e. The van der Waals surface area contributed by atoms with Gasteiger partial charge in [-0.1, -0.05) is 11.8 Å². The van der Waals surface area contributed by atoms with E-state index in [0.717, 1.165) is 11.3 Å². The van der Waals surface area contributed by atoms with Crippen molar-refractivity contribution in [1.29, 1.82) is 0 Å². The number of sulfonamides is 1. The van der Waals surface area contributed by atoms with E-state index < -0.39 is 10.0 Å². The Morgan fingerprint density at radius 3 is 2.44 bits per heavy atom. The molecule has 1 amide bonds. The Balaban J connectivity index is 1.56. The van der Waals surface area contributed by atoms with Gasteiger partial charge in [-0.15, -0.1) is 0 Å². The zero-order valence-corrected chi connectivity index (χ0v) is 15.5. The van der Waals surface area contributed by atoms with E-state index in [-0.39, 0.29) is 22.4 Å². The van der Waals surface area contributed by atoms with Crippen LogP contribution in [0, 0.1) is 5.82 Å². The van der Waals surface area contributed by atoms with Crippen molar-refractivity contribution < 1.29 is 17.6 Å². The summed E-state index contributed by atoms with van der Waals surface area (Å²) < 4.78 is 35.4. The zero-order valence-electron chi connectivity index (χ0n) is 13.8. The third-order valence-electron chi connectivity index (χ3n) is 3.51. The standard InChI is InChI=1S/C17H15FN4O3S2/c18-12-3-1-11(2-4-12)15-9-20-17(22-15)26-10-16(23)21-13-5-7-14(8-6-13)27(19,24)25/h1-9H,10H2,(H,20,22)(H,21,23)(H2,19,24,25). The number of thioether (sulfide) groups is 1. The molecular weight excluding hydrogens is 391 g/mol. The molecular formula is C17H15FN4O3S2. The van der Waals surface area contributed by atoms with E-state index in [1.807, 2.05) is 0 Å².